The molecule has 0 aromatic carbocycles. The molecule has 5 heteroatoms. The average molecular weight is 246 g/mol. The second-order valence-corrected chi connectivity index (χ2v) is 3.23. The summed E-state index contributed by atoms with van der Waals surface area (Å²) in [5.74, 6) is 1.32. The molecule has 0 radical (unpaired) electrons. The molecule has 0 saturated carbocycles. The number of hydrogen-bond donors (Lipinski definition) is 1. The van der Waals surface area contributed by atoms with Crippen molar-refractivity contribution in [2.24, 2.45) is 0 Å². The summed E-state index contributed by atoms with van der Waals surface area (Å²) in [4.78, 5) is 8.02. The third-order valence-corrected chi connectivity index (χ3v) is 2.15. The SMILES string of the molecule is CCCOc1ncnc(NC)c1Br. The van der Waals surface area contributed by atoms with E-state index in [1.165, 1.54) is 6.33 Å². The zero-order valence-electron chi connectivity index (χ0n) is 7.67. The van der Waals surface area contributed by atoms with Gasteiger partial charge in [-0.2, -0.15) is 0 Å². The van der Waals surface area contributed by atoms with Gasteiger partial charge in [0.25, 0.3) is 0 Å². The molecule has 0 saturated heterocycles. The highest BCUT2D eigenvalue weighted by Gasteiger charge is 2.07. The molecule has 1 heterocycles. The maximum atomic E-state index is 5.39. The van der Waals surface area contributed by atoms with Crippen molar-refractivity contribution in [2.45, 2.75) is 13.3 Å². The molecule has 0 aliphatic carbocycles. The fourth-order valence-corrected chi connectivity index (χ4v) is 1.34. The molecule has 1 aromatic heterocycles. The van der Waals surface area contributed by atoms with Crippen LogP contribution in [0.1, 0.15) is 13.3 Å². The van der Waals surface area contributed by atoms with Crippen LogP contribution in [0.4, 0.5) is 5.82 Å². The molecule has 0 atom stereocenters. The number of halogens is 1. The Balaban J connectivity index is 2.81. The predicted molar refractivity (Wildman–Crippen MR) is 55.1 cm³/mol. The van der Waals surface area contributed by atoms with E-state index >= 15 is 0 Å². The third-order valence-electron chi connectivity index (χ3n) is 1.44. The molecule has 0 bridgehead atoms. The van der Waals surface area contributed by atoms with E-state index in [1.807, 2.05) is 6.92 Å². The molecule has 13 heavy (non-hydrogen) atoms. The second kappa shape index (κ2) is 5.01. The number of anilines is 1. The Morgan fingerprint density at radius 2 is 2.31 bits per heavy atom. The van der Waals surface area contributed by atoms with Crippen LogP contribution in [-0.2, 0) is 0 Å². The number of nitrogens with zero attached hydrogens (tertiary/aromatic N) is 2. The van der Waals surface area contributed by atoms with Gasteiger partial charge in [0.1, 0.15) is 16.6 Å². The molecule has 0 aliphatic rings. The van der Waals surface area contributed by atoms with Gasteiger partial charge in [0.05, 0.1) is 6.61 Å². The molecule has 0 aliphatic heterocycles. The molecular weight excluding hydrogens is 234 g/mol. The maximum absolute atomic E-state index is 5.39. The Bertz CT molecular complexity index is 280. The lowest BCUT2D eigenvalue weighted by Gasteiger charge is -2.07. The second-order valence-electron chi connectivity index (χ2n) is 2.44. The standard InChI is InChI=1S/C8H12BrN3O/c1-3-4-13-8-6(9)7(10-2)11-5-12-8/h5H,3-4H2,1-2H3,(H,10,11,12). The van der Waals surface area contributed by atoms with Gasteiger partial charge < -0.3 is 10.1 Å². The zero-order valence-corrected chi connectivity index (χ0v) is 9.26. The van der Waals surface area contributed by atoms with Crippen LogP contribution < -0.4 is 10.1 Å². The summed E-state index contributed by atoms with van der Waals surface area (Å²) in [6.07, 6.45) is 2.44. The van der Waals surface area contributed by atoms with E-state index in [9.17, 15) is 0 Å². The summed E-state index contributed by atoms with van der Waals surface area (Å²) in [5, 5.41) is 2.93. The van der Waals surface area contributed by atoms with Gasteiger partial charge in [-0.1, -0.05) is 6.92 Å². The number of ether oxygens (including phenoxy) is 1. The molecule has 1 aromatic rings. The molecule has 0 amide bonds. The highest BCUT2D eigenvalue weighted by Crippen LogP contribution is 2.27. The number of nitrogens with one attached hydrogen (secondary N) is 1. The molecule has 0 spiro atoms. The number of hydrogen-bond acceptors (Lipinski definition) is 4. The fraction of sp³-hybridized carbons (Fsp3) is 0.500. The van der Waals surface area contributed by atoms with Crippen molar-refractivity contribution in [3.63, 3.8) is 0 Å². The van der Waals surface area contributed by atoms with Crippen molar-refractivity contribution in [3.05, 3.63) is 10.8 Å². The molecule has 4 nitrogen and oxygen atoms in total. The van der Waals surface area contributed by atoms with Gasteiger partial charge in [-0.15, -0.1) is 0 Å². The summed E-state index contributed by atoms with van der Waals surface area (Å²) < 4.78 is 6.16. The van der Waals surface area contributed by atoms with Crippen molar-refractivity contribution in [3.8, 4) is 5.88 Å². The minimum atomic E-state index is 0.584. The van der Waals surface area contributed by atoms with E-state index in [1.54, 1.807) is 7.05 Å². The van der Waals surface area contributed by atoms with Gasteiger partial charge in [-0.3, -0.25) is 0 Å². The molecule has 1 N–H and O–H groups in total. The van der Waals surface area contributed by atoms with Crippen LogP contribution in [0.3, 0.4) is 0 Å². The van der Waals surface area contributed by atoms with Crippen LogP contribution in [0.25, 0.3) is 0 Å². The van der Waals surface area contributed by atoms with E-state index in [2.05, 4.69) is 31.2 Å². The summed E-state index contributed by atoms with van der Waals surface area (Å²) in [5.41, 5.74) is 0. The van der Waals surface area contributed by atoms with E-state index in [0.29, 0.717) is 12.5 Å². The van der Waals surface area contributed by atoms with Gasteiger partial charge in [-0.25, -0.2) is 9.97 Å². The molecule has 1 rings (SSSR count). The molecular formula is C8H12BrN3O. The largest absolute Gasteiger partial charge is 0.477 e. The summed E-state index contributed by atoms with van der Waals surface area (Å²) in [7, 11) is 1.80. The zero-order chi connectivity index (χ0) is 9.68. The Labute approximate surface area is 85.9 Å². The van der Waals surface area contributed by atoms with E-state index in [0.717, 1.165) is 16.7 Å². The van der Waals surface area contributed by atoms with Crippen LogP contribution in [-0.4, -0.2) is 23.6 Å². The van der Waals surface area contributed by atoms with Gasteiger partial charge >= 0.3 is 0 Å². The Morgan fingerprint density at radius 1 is 1.54 bits per heavy atom. The van der Waals surface area contributed by atoms with Crippen LogP contribution in [0.5, 0.6) is 5.88 Å². The van der Waals surface area contributed by atoms with Crippen LogP contribution in [0, 0.1) is 0 Å². The first-order chi connectivity index (χ1) is 6.29. The van der Waals surface area contributed by atoms with Gasteiger partial charge in [0, 0.05) is 7.05 Å². The van der Waals surface area contributed by atoms with Crippen LogP contribution in [0.15, 0.2) is 10.8 Å². The fourth-order valence-electron chi connectivity index (χ4n) is 0.827. The van der Waals surface area contributed by atoms with Gasteiger partial charge in [0.2, 0.25) is 5.88 Å². The van der Waals surface area contributed by atoms with E-state index in [-0.39, 0.29) is 0 Å². The first-order valence-electron chi connectivity index (χ1n) is 4.10. The molecule has 72 valence electrons. The van der Waals surface area contributed by atoms with Crippen molar-refractivity contribution in [1.29, 1.82) is 0 Å². The topological polar surface area (TPSA) is 47.0 Å². The van der Waals surface area contributed by atoms with Crippen molar-refractivity contribution in [2.75, 3.05) is 19.0 Å². The minimum absolute atomic E-state index is 0.584. The quantitative estimate of drug-likeness (QED) is 0.883. The Morgan fingerprint density at radius 3 is 2.92 bits per heavy atom. The lowest BCUT2D eigenvalue weighted by molar-refractivity contribution is 0.303. The summed E-state index contributed by atoms with van der Waals surface area (Å²) in [6.45, 7) is 2.72. The lowest BCUT2D eigenvalue weighted by atomic mass is 10.5. The number of rotatable bonds is 4. The Kier molecular flexibility index (Phi) is 3.95. The monoisotopic (exact) mass is 245 g/mol. The first-order valence-corrected chi connectivity index (χ1v) is 4.90. The highest BCUT2D eigenvalue weighted by atomic mass is 79.9. The third kappa shape index (κ3) is 2.55. The van der Waals surface area contributed by atoms with E-state index in [4.69, 9.17) is 4.74 Å². The molecule has 0 fully saturated rings. The van der Waals surface area contributed by atoms with Crippen LogP contribution in [0.2, 0.25) is 0 Å². The van der Waals surface area contributed by atoms with Crippen molar-refractivity contribution >= 4 is 21.7 Å². The molecule has 0 unspecified atom stereocenters. The number of aromatic nitrogens is 2. The highest BCUT2D eigenvalue weighted by molar-refractivity contribution is 9.10. The van der Waals surface area contributed by atoms with Gasteiger partial charge in [-0.05, 0) is 22.4 Å². The normalized spacial score (nSPS) is 9.77. The Hall–Kier alpha value is -0.840. The van der Waals surface area contributed by atoms with Crippen molar-refractivity contribution in [1.82, 2.24) is 9.97 Å². The van der Waals surface area contributed by atoms with E-state index < -0.39 is 0 Å². The summed E-state index contributed by atoms with van der Waals surface area (Å²) >= 11 is 3.36. The predicted octanol–water partition coefficient (Wildman–Crippen LogP) is 2.07. The van der Waals surface area contributed by atoms with Gasteiger partial charge in [0.15, 0.2) is 0 Å². The summed E-state index contributed by atoms with van der Waals surface area (Å²) in [6, 6.07) is 0. The average Bonchev–Trinajstić information content (AvgIpc) is 2.16. The minimum Gasteiger partial charge on any atom is -0.477 e. The van der Waals surface area contributed by atoms with Crippen LogP contribution >= 0.6 is 15.9 Å². The lowest BCUT2D eigenvalue weighted by Crippen LogP contribution is -2.01. The van der Waals surface area contributed by atoms with Crippen molar-refractivity contribution < 1.29 is 4.74 Å². The maximum Gasteiger partial charge on any atom is 0.233 e. The first kappa shape index (κ1) is 10.2. The smallest absolute Gasteiger partial charge is 0.233 e.